The van der Waals surface area contributed by atoms with Gasteiger partial charge in [-0.25, -0.2) is 4.98 Å². The van der Waals surface area contributed by atoms with E-state index in [0.717, 1.165) is 0 Å². The van der Waals surface area contributed by atoms with Crippen molar-refractivity contribution >= 4 is 17.4 Å². The number of aromatic nitrogens is 1. The lowest BCUT2D eigenvalue weighted by Crippen LogP contribution is -2.10. The van der Waals surface area contributed by atoms with Crippen LogP contribution in [0.15, 0.2) is 18.3 Å². The van der Waals surface area contributed by atoms with Gasteiger partial charge in [0.1, 0.15) is 10.9 Å². The second-order valence-electron chi connectivity index (χ2n) is 4.88. The van der Waals surface area contributed by atoms with Crippen LogP contribution in [0.3, 0.4) is 0 Å². The molecule has 7 heteroatoms. The average Bonchev–Trinajstić information content (AvgIpc) is 2.60. The van der Waals surface area contributed by atoms with Gasteiger partial charge >= 0.3 is 0 Å². The molecular formula is C17H18ClNO5. The van der Waals surface area contributed by atoms with E-state index in [9.17, 15) is 4.79 Å². The Bertz CT molecular complexity index is 776. The highest BCUT2D eigenvalue weighted by molar-refractivity contribution is 6.34. The molecule has 0 fully saturated rings. The minimum absolute atomic E-state index is 0.0806. The number of methoxy groups -OCH3 is 4. The van der Waals surface area contributed by atoms with E-state index in [0.29, 0.717) is 28.4 Å². The molecule has 0 N–H and O–H groups in total. The van der Waals surface area contributed by atoms with E-state index in [4.69, 9.17) is 30.5 Å². The summed E-state index contributed by atoms with van der Waals surface area (Å²) in [6, 6.07) is 3.24. The summed E-state index contributed by atoms with van der Waals surface area (Å²) < 4.78 is 21.1. The topological polar surface area (TPSA) is 66.9 Å². The van der Waals surface area contributed by atoms with Gasteiger partial charge in [0.2, 0.25) is 5.75 Å². The fraction of sp³-hybridized carbons (Fsp3) is 0.294. The van der Waals surface area contributed by atoms with Gasteiger partial charge in [0.05, 0.1) is 45.8 Å². The van der Waals surface area contributed by atoms with Gasteiger partial charge in [-0.1, -0.05) is 11.6 Å². The predicted molar refractivity (Wildman–Crippen MR) is 90.1 cm³/mol. The first-order valence-electron chi connectivity index (χ1n) is 7.02. The second-order valence-corrected chi connectivity index (χ2v) is 5.24. The molecule has 0 atom stereocenters. The van der Waals surface area contributed by atoms with E-state index >= 15 is 0 Å². The summed E-state index contributed by atoms with van der Waals surface area (Å²) in [5, 5.41) is 0.0806. The predicted octanol–water partition coefficient (Wildman–Crippen LogP) is 3.31. The van der Waals surface area contributed by atoms with E-state index < -0.39 is 0 Å². The van der Waals surface area contributed by atoms with Crippen molar-refractivity contribution in [2.24, 2.45) is 0 Å². The molecule has 0 amide bonds. The van der Waals surface area contributed by atoms with Crippen LogP contribution in [0.2, 0.25) is 5.15 Å². The van der Waals surface area contributed by atoms with Crippen LogP contribution < -0.4 is 18.9 Å². The fourth-order valence-corrected chi connectivity index (χ4v) is 2.58. The van der Waals surface area contributed by atoms with Crippen LogP contribution in [0.1, 0.15) is 21.5 Å². The Labute approximate surface area is 145 Å². The third kappa shape index (κ3) is 3.10. The number of hydrogen-bond acceptors (Lipinski definition) is 6. The number of halogens is 1. The molecule has 0 saturated heterocycles. The highest BCUT2D eigenvalue weighted by Crippen LogP contribution is 2.43. The quantitative estimate of drug-likeness (QED) is 0.587. The summed E-state index contributed by atoms with van der Waals surface area (Å²) >= 11 is 6.09. The van der Waals surface area contributed by atoms with Crippen molar-refractivity contribution in [3.63, 3.8) is 0 Å². The molecule has 2 rings (SSSR count). The molecule has 0 aliphatic carbocycles. The number of benzene rings is 1. The molecule has 128 valence electrons. The number of carbonyl (C=O) groups excluding carboxylic acids is 1. The van der Waals surface area contributed by atoms with E-state index in [2.05, 4.69) is 4.98 Å². The number of hydrogen-bond donors (Lipinski definition) is 0. The van der Waals surface area contributed by atoms with Crippen molar-refractivity contribution < 1.29 is 23.7 Å². The first-order chi connectivity index (χ1) is 11.5. The molecule has 1 heterocycles. The Morgan fingerprint density at radius 2 is 1.67 bits per heavy atom. The lowest BCUT2D eigenvalue weighted by atomic mass is 9.97. The molecule has 6 nitrogen and oxygen atoms in total. The third-order valence-electron chi connectivity index (χ3n) is 3.55. The Morgan fingerprint density at radius 3 is 2.21 bits per heavy atom. The van der Waals surface area contributed by atoms with Gasteiger partial charge in [0.25, 0.3) is 0 Å². The van der Waals surface area contributed by atoms with E-state index in [-0.39, 0.29) is 22.2 Å². The van der Waals surface area contributed by atoms with Gasteiger partial charge in [-0.15, -0.1) is 0 Å². The number of rotatable bonds is 6. The smallest absolute Gasteiger partial charge is 0.204 e. The largest absolute Gasteiger partial charge is 0.495 e. The van der Waals surface area contributed by atoms with Crippen LogP contribution >= 0.6 is 11.6 Å². The summed E-state index contributed by atoms with van der Waals surface area (Å²) in [7, 11) is 5.94. The van der Waals surface area contributed by atoms with Gasteiger partial charge in [-0.3, -0.25) is 4.79 Å². The number of ether oxygens (including phenoxy) is 4. The summed E-state index contributed by atoms with van der Waals surface area (Å²) in [6.07, 6.45) is 1.44. The van der Waals surface area contributed by atoms with Crippen molar-refractivity contribution in [3.05, 3.63) is 40.2 Å². The lowest BCUT2D eigenvalue weighted by molar-refractivity contribution is 0.103. The molecule has 0 radical (unpaired) electrons. The van der Waals surface area contributed by atoms with Crippen LogP contribution in [0.5, 0.6) is 23.0 Å². The molecule has 1 aromatic heterocycles. The van der Waals surface area contributed by atoms with Crippen molar-refractivity contribution in [2.75, 3.05) is 28.4 Å². The van der Waals surface area contributed by atoms with Gasteiger partial charge in [0.15, 0.2) is 17.3 Å². The van der Waals surface area contributed by atoms with Gasteiger partial charge in [-0.05, 0) is 24.6 Å². The van der Waals surface area contributed by atoms with Crippen molar-refractivity contribution in [2.45, 2.75) is 6.92 Å². The van der Waals surface area contributed by atoms with Gasteiger partial charge in [0, 0.05) is 0 Å². The Balaban J connectivity index is 2.70. The monoisotopic (exact) mass is 351 g/mol. The molecule has 0 spiro atoms. The second kappa shape index (κ2) is 7.40. The maximum atomic E-state index is 13.0. The van der Waals surface area contributed by atoms with Crippen LogP contribution in [0.4, 0.5) is 0 Å². The Kier molecular flexibility index (Phi) is 5.51. The molecule has 0 aliphatic heterocycles. The summed E-state index contributed by atoms with van der Waals surface area (Å²) in [5.74, 6) is 1.17. The average molecular weight is 352 g/mol. The highest BCUT2D eigenvalue weighted by Gasteiger charge is 2.26. The summed E-state index contributed by atoms with van der Waals surface area (Å²) in [6.45, 7) is 1.78. The maximum Gasteiger partial charge on any atom is 0.204 e. The highest BCUT2D eigenvalue weighted by atomic mass is 35.5. The van der Waals surface area contributed by atoms with Crippen LogP contribution in [-0.4, -0.2) is 39.2 Å². The van der Waals surface area contributed by atoms with E-state index in [1.54, 1.807) is 13.0 Å². The molecule has 1 aromatic carbocycles. The first kappa shape index (κ1) is 17.9. The van der Waals surface area contributed by atoms with Gasteiger partial charge < -0.3 is 18.9 Å². The molecule has 0 aliphatic rings. The minimum atomic E-state index is -0.346. The number of carbonyl (C=O) groups is 1. The van der Waals surface area contributed by atoms with Gasteiger partial charge in [-0.2, -0.15) is 0 Å². The molecule has 2 aromatic rings. The standard InChI is InChI=1S/C17H18ClNO5/c1-9-6-12(22-3)15(23-4)16(24-5)13(9)14(20)11-7-10(21-2)8-19-17(11)18/h6-8H,1-5H3. The van der Waals surface area contributed by atoms with Crippen LogP contribution in [0.25, 0.3) is 0 Å². The zero-order valence-electron chi connectivity index (χ0n) is 14.1. The number of ketones is 1. The SMILES string of the molecule is COc1cnc(Cl)c(C(=O)c2c(C)cc(OC)c(OC)c2OC)c1. The molecule has 24 heavy (non-hydrogen) atoms. The van der Waals surface area contributed by atoms with Crippen LogP contribution in [-0.2, 0) is 0 Å². The zero-order valence-corrected chi connectivity index (χ0v) is 14.9. The Morgan fingerprint density at radius 1 is 1.00 bits per heavy atom. The maximum absolute atomic E-state index is 13.0. The molecular weight excluding hydrogens is 334 g/mol. The number of aryl methyl sites for hydroxylation is 1. The zero-order chi connectivity index (χ0) is 17.9. The molecule has 0 saturated carbocycles. The van der Waals surface area contributed by atoms with Crippen molar-refractivity contribution in [1.82, 2.24) is 4.98 Å². The van der Waals surface area contributed by atoms with E-state index in [1.165, 1.54) is 40.7 Å². The fourth-order valence-electron chi connectivity index (χ4n) is 2.40. The lowest BCUT2D eigenvalue weighted by Gasteiger charge is -2.18. The van der Waals surface area contributed by atoms with E-state index in [1.807, 2.05) is 0 Å². The third-order valence-corrected chi connectivity index (χ3v) is 3.85. The van der Waals surface area contributed by atoms with Crippen molar-refractivity contribution in [3.8, 4) is 23.0 Å². The minimum Gasteiger partial charge on any atom is -0.495 e. The normalized spacial score (nSPS) is 10.2. The Hall–Kier alpha value is -2.47. The summed E-state index contributed by atoms with van der Waals surface area (Å²) in [4.78, 5) is 17.0. The summed E-state index contributed by atoms with van der Waals surface area (Å²) in [5.41, 5.74) is 1.20. The van der Waals surface area contributed by atoms with Crippen molar-refractivity contribution in [1.29, 1.82) is 0 Å². The first-order valence-corrected chi connectivity index (χ1v) is 7.40. The molecule has 0 unspecified atom stereocenters. The van der Waals surface area contributed by atoms with Crippen LogP contribution in [0, 0.1) is 6.92 Å². The number of pyridine rings is 1. The molecule has 0 bridgehead atoms. The number of nitrogens with zero attached hydrogens (tertiary/aromatic N) is 1.